The third kappa shape index (κ3) is 3.14. The van der Waals surface area contributed by atoms with Crippen LogP contribution in [0.3, 0.4) is 0 Å². The van der Waals surface area contributed by atoms with Gasteiger partial charge in [-0.05, 0) is 42.9 Å². The van der Waals surface area contributed by atoms with Crippen molar-refractivity contribution in [2.45, 2.75) is 6.04 Å². The van der Waals surface area contributed by atoms with E-state index in [2.05, 4.69) is 21.2 Å². The molecule has 106 valence electrons. The molecule has 0 spiro atoms. The summed E-state index contributed by atoms with van der Waals surface area (Å²) in [7, 11) is 3.34. The molecule has 0 aromatic heterocycles. The lowest BCUT2D eigenvalue weighted by molar-refractivity contribution is 0.414. The molecule has 1 N–H and O–H groups in total. The second-order valence-corrected chi connectivity index (χ2v) is 5.60. The Hall–Kier alpha value is -1.10. The Balaban J connectivity index is 2.49. The van der Waals surface area contributed by atoms with Crippen molar-refractivity contribution in [2.24, 2.45) is 0 Å². The largest absolute Gasteiger partial charge is 0.495 e. The fourth-order valence-electron chi connectivity index (χ4n) is 2.09. The standard InChI is InChI=1S/C15H14BrClFNO/c1-19-15(11-8-10(16)4-6-13(11)18)9-3-5-12(17)14(7-9)20-2/h3-8,15,19H,1-2H3. The van der Waals surface area contributed by atoms with E-state index in [1.165, 1.54) is 6.07 Å². The highest BCUT2D eigenvalue weighted by Gasteiger charge is 2.18. The lowest BCUT2D eigenvalue weighted by atomic mass is 9.98. The van der Waals surface area contributed by atoms with Crippen LogP contribution in [0.4, 0.5) is 4.39 Å². The van der Waals surface area contributed by atoms with E-state index in [4.69, 9.17) is 16.3 Å². The molecule has 0 aliphatic heterocycles. The zero-order valence-electron chi connectivity index (χ0n) is 11.1. The summed E-state index contributed by atoms with van der Waals surface area (Å²) >= 11 is 9.39. The zero-order chi connectivity index (χ0) is 14.7. The van der Waals surface area contributed by atoms with Gasteiger partial charge < -0.3 is 10.1 Å². The van der Waals surface area contributed by atoms with E-state index in [9.17, 15) is 4.39 Å². The van der Waals surface area contributed by atoms with Gasteiger partial charge in [-0.1, -0.05) is 33.6 Å². The summed E-state index contributed by atoms with van der Waals surface area (Å²) in [6, 6.07) is 10.0. The lowest BCUT2D eigenvalue weighted by Gasteiger charge is -2.19. The van der Waals surface area contributed by atoms with Crippen molar-refractivity contribution in [2.75, 3.05) is 14.2 Å². The van der Waals surface area contributed by atoms with Gasteiger partial charge in [0.25, 0.3) is 0 Å². The van der Waals surface area contributed by atoms with E-state index >= 15 is 0 Å². The molecule has 1 unspecified atom stereocenters. The highest BCUT2D eigenvalue weighted by molar-refractivity contribution is 9.10. The normalized spacial score (nSPS) is 12.2. The summed E-state index contributed by atoms with van der Waals surface area (Å²) < 4.78 is 20.1. The Morgan fingerprint density at radius 1 is 1.25 bits per heavy atom. The van der Waals surface area contributed by atoms with Crippen LogP contribution in [0.25, 0.3) is 0 Å². The Morgan fingerprint density at radius 2 is 2.00 bits per heavy atom. The van der Waals surface area contributed by atoms with E-state index in [0.29, 0.717) is 16.3 Å². The number of benzene rings is 2. The van der Waals surface area contributed by atoms with Crippen LogP contribution < -0.4 is 10.1 Å². The van der Waals surface area contributed by atoms with Gasteiger partial charge in [-0.15, -0.1) is 0 Å². The van der Waals surface area contributed by atoms with Crippen LogP contribution in [-0.2, 0) is 0 Å². The first-order valence-electron chi connectivity index (χ1n) is 6.02. The zero-order valence-corrected chi connectivity index (χ0v) is 13.4. The number of nitrogens with one attached hydrogen (secondary N) is 1. The minimum Gasteiger partial charge on any atom is -0.495 e. The molecule has 2 aromatic carbocycles. The minimum atomic E-state index is -0.279. The molecule has 0 amide bonds. The van der Waals surface area contributed by atoms with Gasteiger partial charge in [0.2, 0.25) is 0 Å². The summed E-state index contributed by atoms with van der Waals surface area (Å²) in [6.07, 6.45) is 0. The van der Waals surface area contributed by atoms with E-state index < -0.39 is 0 Å². The Kier molecular flexibility index (Phi) is 5.02. The van der Waals surface area contributed by atoms with Crippen LogP contribution in [-0.4, -0.2) is 14.2 Å². The molecule has 2 nitrogen and oxygen atoms in total. The number of hydrogen-bond acceptors (Lipinski definition) is 2. The third-order valence-electron chi connectivity index (χ3n) is 3.07. The predicted octanol–water partition coefficient (Wildman–Crippen LogP) is 4.56. The number of ether oxygens (including phenoxy) is 1. The fraction of sp³-hybridized carbons (Fsp3) is 0.200. The molecule has 2 rings (SSSR count). The third-order valence-corrected chi connectivity index (χ3v) is 3.87. The molecule has 0 radical (unpaired) electrons. The topological polar surface area (TPSA) is 21.3 Å². The van der Waals surface area contributed by atoms with Crippen molar-refractivity contribution in [3.63, 3.8) is 0 Å². The molecule has 0 bridgehead atoms. The highest BCUT2D eigenvalue weighted by Crippen LogP contribution is 2.32. The summed E-state index contributed by atoms with van der Waals surface area (Å²) in [5.41, 5.74) is 1.44. The van der Waals surface area contributed by atoms with E-state index in [1.807, 2.05) is 12.1 Å². The van der Waals surface area contributed by atoms with Gasteiger partial charge in [-0.2, -0.15) is 0 Å². The number of methoxy groups -OCH3 is 1. The van der Waals surface area contributed by atoms with E-state index in [-0.39, 0.29) is 11.9 Å². The first-order valence-corrected chi connectivity index (χ1v) is 7.19. The summed E-state index contributed by atoms with van der Waals surface area (Å²) in [6.45, 7) is 0. The molecule has 0 aliphatic rings. The second kappa shape index (κ2) is 6.57. The van der Waals surface area contributed by atoms with Crippen LogP contribution in [0.15, 0.2) is 40.9 Å². The van der Waals surface area contributed by atoms with Gasteiger partial charge >= 0.3 is 0 Å². The molecular weight excluding hydrogens is 345 g/mol. The Bertz CT molecular complexity index is 621. The number of hydrogen-bond donors (Lipinski definition) is 1. The van der Waals surface area contributed by atoms with E-state index in [0.717, 1.165) is 10.0 Å². The van der Waals surface area contributed by atoms with Crippen molar-refractivity contribution in [3.05, 3.63) is 62.8 Å². The fourth-order valence-corrected chi connectivity index (χ4v) is 2.67. The molecular formula is C15H14BrClFNO. The maximum absolute atomic E-state index is 14.0. The molecule has 5 heteroatoms. The van der Waals surface area contributed by atoms with Crippen molar-refractivity contribution in [3.8, 4) is 5.75 Å². The highest BCUT2D eigenvalue weighted by atomic mass is 79.9. The van der Waals surface area contributed by atoms with Gasteiger partial charge in [0, 0.05) is 10.0 Å². The van der Waals surface area contributed by atoms with Crippen molar-refractivity contribution in [1.29, 1.82) is 0 Å². The van der Waals surface area contributed by atoms with Crippen LogP contribution in [0.5, 0.6) is 5.75 Å². The van der Waals surface area contributed by atoms with Gasteiger partial charge in [0.1, 0.15) is 11.6 Å². The first-order chi connectivity index (χ1) is 9.56. The maximum Gasteiger partial charge on any atom is 0.137 e. The minimum absolute atomic E-state index is 0.263. The molecule has 0 heterocycles. The molecule has 2 aromatic rings. The smallest absolute Gasteiger partial charge is 0.137 e. The SMILES string of the molecule is CNC(c1ccc(Cl)c(OC)c1)c1cc(Br)ccc1F. The second-order valence-electron chi connectivity index (χ2n) is 4.28. The monoisotopic (exact) mass is 357 g/mol. The van der Waals surface area contributed by atoms with Gasteiger partial charge in [0.15, 0.2) is 0 Å². The molecule has 0 saturated heterocycles. The summed E-state index contributed by atoms with van der Waals surface area (Å²) in [5, 5.41) is 3.64. The summed E-state index contributed by atoms with van der Waals surface area (Å²) in [5.74, 6) is 0.307. The van der Waals surface area contributed by atoms with Crippen molar-refractivity contribution in [1.82, 2.24) is 5.32 Å². The van der Waals surface area contributed by atoms with Crippen LogP contribution in [0, 0.1) is 5.82 Å². The first kappa shape index (κ1) is 15.3. The predicted molar refractivity (Wildman–Crippen MR) is 83.0 cm³/mol. The molecule has 0 saturated carbocycles. The maximum atomic E-state index is 14.0. The Morgan fingerprint density at radius 3 is 2.65 bits per heavy atom. The average molecular weight is 359 g/mol. The van der Waals surface area contributed by atoms with Crippen molar-refractivity contribution >= 4 is 27.5 Å². The number of rotatable bonds is 4. The lowest BCUT2D eigenvalue weighted by Crippen LogP contribution is -2.19. The quantitative estimate of drug-likeness (QED) is 0.865. The molecule has 20 heavy (non-hydrogen) atoms. The number of halogens is 3. The van der Waals surface area contributed by atoms with E-state index in [1.54, 1.807) is 32.4 Å². The van der Waals surface area contributed by atoms with Gasteiger partial charge in [0.05, 0.1) is 18.2 Å². The van der Waals surface area contributed by atoms with Crippen molar-refractivity contribution < 1.29 is 9.13 Å². The van der Waals surface area contributed by atoms with Gasteiger partial charge in [-0.3, -0.25) is 0 Å². The Labute approximate surface area is 131 Å². The summed E-state index contributed by atoms with van der Waals surface area (Å²) in [4.78, 5) is 0. The molecule has 0 aliphatic carbocycles. The van der Waals surface area contributed by atoms with Crippen LogP contribution in [0.1, 0.15) is 17.2 Å². The van der Waals surface area contributed by atoms with Gasteiger partial charge in [-0.25, -0.2) is 4.39 Å². The molecule has 0 fully saturated rings. The van der Waals surface area contributed by atoms with Crippen LogP contribution in [0.2, 0.25) is 5.02 Å². The molecule has 1 atom stereocenters. The average Bonchev–Trinajstić information content (AvgIpc) is 2.45. The van der Waals surface area contributed by atoms with Crippen LogP contribution >= 0.6 is 27.5 Å².